The summed E-state index contributed by atoms with van der Waals surface area (Å²) in [6.07, 6.45) is 2.90. The second-order valence-electron chi connectivity index (χ2n) is 5.07. The molecule has 3 unspecified atom stereocenters. The third-order valence-electron chi connectivity index (χ3n) is 3.75. The highest BCUT2D eigenvalue weighted by atomic mass is 32.2. The van der Waals surface area contributed by atoms with Crippen LogP contribution in [0.3, 0.4) is 0 Å². The van der Waals surface area contributed by atoms with Crippen LogP contribution in [0.4, 0.5) is 0 Å². The van der Waals surface area contributed by atoms with Crippen molar-refractivity contribution in [2.75, 3.05) is 18.1 Å². The Bertz CT molecular complexity index is 322. The first-order chi connectivity index (χ1) is 8.48. The molecule has 0 saturated carbocycles. The van der Waals surface area contributed by atoms with Crippen molar-refractivity contribution in [3.8, 4) is 0 Å². The van der Waals surface area contributed by atoms with E-state index in [0.717, 1.165) is 19.3 Å². The molecule has 0 radical (unpaired) electrons. The van der Waals surface area contributed by atoms with Crippen molar-refractivity contribution >= 4 is 16.7 Å². The van der Waals surface area contributed by atoms with Gasteiger partial charge in [-0.05, 0) is 19.8 Å². The van der Waals surface area contributed by atoms with Gasteiger partial charge in [-0.25, -0.2) is 0 Å². The summed E-state index contributed by atoms with van der Waals surface area (Å²) in [7, 11) is -0.805. The Morgan fingerprint density at radius 3 is 2.56 bits per heavy atom. The van der Waals surface area contributed by atoms with Gasteiger partial charge in [-0.15, -0.1) is 0 Å². The van der Waals surface area contributed by atoms with Crippen LogP contribution in [-0.4, -0.2) is 44.8 Å². The van der Waals surface area contributed by atoms with Gasteiger partial charge in [-0.3, -0.25) is 14.3 Å². The number of carbonyl (C=O) groups excluding carboxylic acids is 1. The highest BCUT2D eigenvalue weighted by molar-refractivity contribution is 7.84. The second kappa shape index (κ2) is 6.66. The van der Waals surface area contributed by atoms with Crippen molar-refractivity contribution in [2.24, 2.45) is 0 Å². The molecule has 1 aliphatic heterocycles. The van der Waals surface area contributed by atoms with Crippen molar-refractivity contribution < 1.29 is 9.00 Å². The Labute approximate surface area is 113 Å². The summed E-state index contributed by atoms with van der Waals surface area (Å²) in [5, 5.41) is 3.44. The second-order valence-corrected chi connectivity index (χ2v) is 6.93. The van der Waals surface area contributed by atoms with E-state index in [0.29, 0.717) is 18.1 Å². The van der Waals surface area contributed by atoms with Crippen LogP contribution < -0.4 is 5.32 Å². The largest absolute Gasteiger partial charge is 0.325 e. The molecule has 0 aromatic rings. The van der Waals surface area contributed by atoms with Crippen LogP contribution in [0.25, 0.3) is 0 Å². The normalized spacial score (nSPS) is 29.9. The molecule has 1 saturated heterocycles. The molecular weight excluding hydrogens is 248 g/mol. The highest BCUT2D eigenvalue weighted by Gasteiger charge is 2.45. The van der Waals surface area contributed by atoms with Crippen LogP contribution in [0.15, 0.2) is 0 Å². The Kier molecular flexibility index (Phi) is 5.79. The fourth-order valence-corrected chi connectivity index (χ4v) is 3.01. The molecule has 1 rings (SSSR count). The van der Waals surface area contributed by atoms with Crippen LogP contribution in [-0.2, 0) is 15.6 Å². The van der Waals surface area contributed by atoms with Crippen molar-refractivity contribution in [3.05, 3.63) is 0 Å². The molecule has 0 aromatic carbocycles. The number of hydrogen-bond acceptors (Lipinski definition) is 3. The van der Waals surface area contributed by atoms with Crippen molar-refractivity contribution in [3.63, 3.8) is 0 Å². The number of carbonyl (C=O) groups is 1. The molecule has 1 amide bonds. The first-order valence-corrected chi connectivity index (χ1v) is 8.41. The third-order valence-corrected chi connectivity index (χ3v) is 5.03. The monoisotopic (exact) mass is 274 g/mol. The van der Waals surface area contributed by atoms with Crippen LogP contribution >= 0.6 is 0 Å². The van der Waals surface area contributed by atoms with Crippen molar-refractivity contribution in [1.29, 1.82) is 0 Å². The van der Waals surface area contributed by atoms with Crippen LogP contribution in [0.5, 0.6) is 0 Å². The summed E-state index contributed by atoms with van der Waals surface area (Å²) in [6, 6.07) is 0. The van der Waals surface area contributed by atoms with E-state index in [4.69, 9.17) is 0 Å². The van der Waals surface area contributed by atoms with Crippen LogP contribution in [0.2, 0.25) is 0 Å². The number of nitrogens with zero attached hydrogens (tertiary/aromatic N) is 1. The average Bonchev–Trinajstić information content (AvgIpc) is 2.60. The van der Waals surface area contributed by atoms with E-state index in [1.54, 1.807) is 0 Å². The lowest BCUT2D eigenvalue weighted by Gasteiger charge is -2.23. The molecule has 18 heavy (non-hydrogen) atoms. The molecule has 1 N–H and O–H groups in total. The molecule has 1 heterocycles. The minimum absolute atomic E-state index is 0.112. The first kappa shape index (κ1) is 15.6. The van der Waals surface area contributed by atoms with Gasteiger partial charge in [0.25, 0.3) is 0 Å². The number of amides is 1. The zero-order valence-electron chi connectivity index (χ0n) is 12.0. The summed E-state index contributed by atoms with van der Waals surface area (Å²) >= 11 is 0. The number of rotatable bonds is 7. The van der Waals surface area contributed by atoms with Gasteiger partial charge in [0.1, 0.15) is 0 Å². The molecule has 5 heteroatoms. The van der Waals surface area contributed by atoms with E-state index < -0.39 is 16.3 Å². The maximum absolute atomic E-state index is 12.4. The molecule has 0 aromatic heterocycles. The molecule has 0 bridgehead atoms. The quantitative estimate of drug-likeness (QED) is 0.765. The molecule has 4 nitrogen and oxygen atoms in total. The van der Waals surface area contributed by atoms with Gasteiger partial charge in [-0.1, -0.05) is 27.2 Å². The first-order valence-electron chi connectivity index (χ1n) is 6.92. The average molecular weight is 274 g/mol. The van der Waals surface area contributed by atoms with Gasteiger partial charge in [0.05, 0.1) is 11.7 Å². The van der Waals surface area contributed by atoms with E-state index in [-0.39, 0.29) is 12.1 Å². The van der Waals surface area contributed by atoms with Gasteiger partial charge < -0.3 is 4.90 Å². The predicted molar refractivity (Wildman–Crippen MR) is 75.8 cm³/mol. The Balaban J connectivity index is 2.72. The fourth-order valence-electron chi connectivity index (χ4n) is 2.32. The van der Waals surface area contributed by atoms with Gasteiger partial charge in [0.2, 0.25) is 5.91 Å². The summed E-state index contributed by atoms with van der Waals surface area (Å²) < 4.78 is 11.5. The maximum Gasteiger partial charge on any atom is 0.243 e. The van der Waals surface area contributed by atoms with Gasteiger partial charge in [0, 0.05) is 28.9 Å². The van der Waals surface area contributed by atoms with Gasteiger partial charge in [0.15, 0.2) is 0 Å². The topological polar surface area (TPSA) is 49.4 Å². The summed E-state index contributed by atoms with van der Waals surface area (Å²) in [5.74, 6) is 1.42. The van der Waals surface area contributed by atoms with E-state index >= 15 is 0 Å². The molecule has 0 spiro atoms. The minimum Gasteiger partial charge on any atom is -0.325 e. The van der Waals surface area contributed by atoms with Crippen molar-refractivity contribution in [1.82, 2.24) is 10.2 Å². The van der Waals surface area contributed by atoms with E-state index in [1.165, 1.54) is 0 Å². The molecular formula is C13H26N2O2S. The standard InChI is InChI=1S/C13H26N2O2S/c1-5-8-11-14-13(4,6-2)12(16)15(11)9-10-18(17)7-3/h11,14H,5-10H2,1-4H3. The van der Waals surface area contributed by atoms with Crippen LogP contribution in [0.1, 0.15) is 47.0 Å². The van der Waals surface area contributed by atoms with Gasteiger partial charge in [-0.2, -0.15) is 0 Å². The Morgan fingerprint density at radius 1 is 1.39 bits per heavy atom. The predicted octanol–water partition coefficient (Wildman–Crippen LogP) is 1.48. The minimum atomic E-state index is -0.805. The SMILES string of the molecule is CCCC1NC(C)(CC)C(=O)N1CCS(=O)CC. The van der Waals surface area contributed by atoms with E-state index in [1.807, 2.05) is 25.7 Å². The van der Waals surface area contributed by atoms with Crippen molar-refractivity contribution in [2.45, 2.75) is 58.7 Å². The fraction of sp³-hybridized carbons (Fsp3) is 0.923. The zero-order valence-corrected chi connectivity index (χ0v) is 12.8. The smallest absolute Gasteiger partial charge is 0.243 e. The van der Waals surface area contributed by atoms with Gasteiger partial charge >= 0.3 is 0 Å². The zero-order chi connectivity index (χ0) is 13.8. The summed E-state index contributed by atoms with van der Waals surface area (Å²) in [4.78, 5) is 14.3. The third kappa shape index (κ3) is 3.32. The summed E-state index contributed by atoms with van der Waals surface area (Å²) in [5.41, 5.74) is -0.437. The summed E-state index contributed by atoms with van der Waals surface area (Å²) in [6.45, 7) is 8.64. The lowest BCUT2D eigenvalue weighted by molar-refractivity contribution is -0.132. The molecule has 106 valence electrons. The Morgan fingerprint density at radius 2 is 2.06 bits per heavy atom. The molecule has 0 aliphatic carbocycles. The number of hydrogen-bond donors (Lipinski definition) is 1. The molecule has 1 aliphatic rings. The highest BCUT2D eigenvalue weighted by Crippen LogP contribution is 2.25. The van der Waals surface area contributed by atoms with E-state index in [9.17, 15) is 9.00 Å². The van der Waals surface area contributed by atoms with E-state index in [2.05, 4.69) is 12.2 Å². The Hall–Kier alpha value is -0.420. The number of nitrogens with one attached hydrogen (secondary N) is 1. The lowest BCUT2D eigenvalue weighted by atomic mass is 9.99. The maximum atomic E-state index is 12.4. The van der Waals surface area contributed by atoms with Crippen LogP contribution in [0, 0.1) is 0 Å². The lowest BCUT2D eigenvalue weighted by Crippen LogP contribution is -2.43. The molecule has 1 fully saturated rings. The molecule has 3 atom stereocenters.